The standard InChI is InChI=1S/C12H8ClN3OS3/c13-8-3-1-7(2-4-8)9-6-18-11(14-9)20-12-16-15-10(5-17)19-12/h1-4,6,17H,5H2. The van der Waals surface area contributed by atoms with Crippen LogP contribution in [0, 0.1) is 0 Å². The monoisotopic (exact) mass is 341 g/mol. The molecule has 20 heavy (non-hydrogen) atoms. The van der Waals surface area contributed by atoms with Gasteiger partial charge in [-0.1, -0.05) is 35.1 Å². The Morgan fingerprint density at radius 1 is 1.15 bits per heavy atom. The van der Waals surface area contributed by atoms with Crippen LogP contribution in [0.5, 0.6) is 0 Å². The molecule has 0 aliphatic rings. The summed E-state index contributed by atoms with van der Waals surface area (Å²) < 4.78 is 1.68. The molecule has 2 aromatic heterocycles. The van der Waals surface area contributed by atoms with Crippen molar-refractivity contribution in [3.63, 3.8) is 0 Å². The molecule has 0 saturated carbocycles. The maximum Gasteiger partial charge on any atom is 0.181 e. The lowest BCUT2D eigenvalue weighted by Crippen LogP contribution is -1.78. The average Bonchev–Trinajstić information content (AvgIpc) is 3.09. The Bertz CT molecular complexity index is 711. The zero-order valence-electron chi connectivity index (χ0n) is 9.99. The summed E-state index contributed by atoms with van der Waals surface area (Å²) in [6, 6.07) is 7.59. The molecule has 3 rings (SSSR count). The molecule has 0 unspecified atom stereocenters. The first kappa shape index (κ1) is 14.0. The van der Waals surface area contributed by atoms with Crippen LogP contribution in [0.1, 0.15) is 5.01 Å². The second kappa shape index (κ2) is 6.19. The van der Waals surface area contributed by atoms with Gasteiger partial charge in [-0.2, -0.15) is 0 Å². The molecule has 0 fully saturated rings. The van der Waals surface area contributed by atoms with Gasteiger partial charge in [0, 0.05) is 16.0 Å². The maximum atomic E-state index is 8.97. The van der Waals surface area contributed by atoms with E-state index in [9.17, 15) is 0 Å². The smallest absolute Gasteiger partial charge is 0.181 e. The van der Waals surface area contributed by atoms with E-state index in [1.807, 2.05) is 29.6 Å². The van der Waals surface area contributed by atoms with Gasteiger partial charge in [0.15, 0.2) is 8.68 Å². The number of aliphatic hydroxyl groups is 1. The van der Waals surface area contributed by atoms with Crippen LogP contribution in [0.2, 0.25) is 5.02 Å². The van der Waals surface area contributed by atoms with E-state index >= 15 is 0 Å². The second-order valence-corrected chi connectivity index (χ2v) is 7.58. The van der Waals surface area contributed by atoms with Gasteiger partial charge < -0.3 is 5.11 Å². The first-order chi connectivity index (χ1) is 9.74. The molecule has 0 aliphatic heterocycles. The van der Waals surface area contributed by atoms with Crippen LogP contribution >= 0.6 is 46.0 Å². The minimum Gasteiger partial charge on any atom is -0.389 e. The van der Waals surface area contributed by atoms with E-state index in [0.717, 1.165) is 19.9 Å². The van der Waals surface area contributed by atoms with Gasteiger partial charge in [-0.3, -0.25) is 0 Å². The van der Waals surface area contributed by atoms with E-state index < -0.39 is 0 Å². The number of nitrogens with zero attached hydrogens (tertiary/aromatic N) is 3. The van der Waals surface area contributed by atoms with Gasteiger partial charge in [-0.25, -0.2) is 4.98 Å². The fourth-order valence-corrected chi connectivity index (χ4v) is 4.38. The summed E-state index contributed by atoms with van der Waals surface area (Å²) in [5.74, 6) is 0. The summed E-state index contributed by atoms with van der Waals surface area (Å²) in [7, 11) is 0. The van der Waals surface area contributed by atoms with E-state index in [0.29, 0.717) is 10.0 Å². The highest BCUT2D eigenvalue weighted by Crippen LogP contribution is 2.34. The number of aliphatic hydroxyl groups excluding tert-OH is 1. The maximum absolute atomic E-state index is 8.97. The van der Waals surface area contributed by atoms with Crippen molar-refractivity contribution in [1.29, 1.82) is 0 Å². The number of aromatic nitrogens is 3. The molecule has 0 spiro atoms. The van der Waals surface area contributed by atoms with E-state index in [-0.39, 0.29) is 6.61 Å². The number of rotatable bonds is 4. The van der Waals surface area contributed by atoms with Gasteiger partial charge in [0.05, 0.1) is 12.3 Å². The largest absolute Gasteiger partial charge is 0.389 e. The third-order valence-electron chi connectivity index (χ3n) is 2.38. The van der Waals surface area contributed by atoms with Crippen LogP contribution in [-0.4, -0.2) is 20.3 Å². The van der Waals surface area contributed by atoms with E-state index in [4.69, 9.17) is 16.7 Å². The Morgan fingerprint density at radius 2 is 1.95 bits per heavy atom. The van der Waals surface area contributed by atoms with Gasteiger partial charge in [0.1, 0.15) is 5.01 Å². The van der Waals surface area contributed by atoms with Crippen molar-refractivity contribution in [3.8, 4) is 11.3 Å². The van der Waals surface area contributed by atoms with Crippen molar-refractivity contribution >= 4 is 46.0 Å². The minimum atomic E-state index is -0.0773. The third kappa shape index (κ3) is 3.18. The van der Waals surface area contributed by atoms with Crippen LogP contribution in [0.15, 0.2) is 38.3 Å². The highest BCUT2D eigenvalue weighted by atomic mass is 35.5. The quantitative estimate of drug-likeness (QED) is 0.778. The second-order valence-electron chi connectivity index (χ2n) is 3.73. The molecule has 0 atom stereocenters. The molecule has 0 amide bonds. The summed E-state index contributed by atoms with van der Waals surface area (Å²) in [6.45, 7) is -0.0773. The lowest BCUT2D eigenvalue weighted by atomic mass is 10.2. The van der Waals surface area contributed by atoms with Gasteiger partial charge in [0.2, 0.25) is 0 Å². The Labute approximate surface area is 132 Å². The Balaban J connectivity index is 1.78. The lowest BCUT2D eigenvalue weighted by Gasteiger charge is -1.95. The van der Waals surface area contributed by atoms with E-state index in [1.165, 1.54) is 23.1 Å². The highest BCUT2D eigenvalue weighted by Gasteiger charge is 2.10. The molecule has 8 heteroatoms. The summed E-state index contributed by atoms with van der Waals surface area (Å²) in [5, 5.41) is 20.2. The summed E-state index contributed by atoms with van der Waals surface area (Å²) in [5.41, 5.74) is 1.95. The summed E-state index contributed by atoms with van der Waals surface area (Å²) in [4.78, 5) is 4.56. The van der Waals surface area contributed by atoms with Crippen LogP contribution in [-0.2, 0) is 6.61 Å². The SMILES string of the molecule is OCc1nnc(Sc2nc(-c3ccc(Cl)cc3)cs2)s1. The fourth-order valence-electron chi connectivity index (χ4n) is 1.48. The molecule has 0 radical (unpaired) electrons. The normalized spacial score (nSPS) is 10.9. The van der Waals surface area contributed by atoms with E-state index in [2.05, 4.69) is 15.2 Å². The van der Waals surface area contributed by atoms with Crippen molar-refractivity contribution in [2.24, 2.45) is 0 Å². The Morgan fingerprint density at radius 3 is 2.65 bits per heavy atom. The van der Waals surface area contributed by atoms with Crippen molar-refractivity contribution in [2.45, 2.75) is 15.3 Å². The number of halogens is 1. The van der Waals surface area contributed by atoms with Gasteiger partial charge >= 0.3 is 0 Å². The Hall–Kier alpha value is -0.990. The molecule has 4 nitrogen and oxygen atoms in total. The zero-order valence-corrected chi connectivity index (χ0v) is 13.2. The molecule has 0 aliphatic carbocycles. The van der Waals surface area contributed by atoms with Gasteiger partial charge in [-0.15, -0.1) is 21.5 Å². The van der Waals surface area contributed by atoms with Crippen LogP contribution in [0.4, 0.5) is 0 Å². The third-order valence-corrected chi connectivity index (χ3v) is 5.53. The van der Waals surface area contributed by atoms with Crippen molar-refractivity contribution in [2.75, 3.05) is 0 Å². The van der Waals surface area contributed by atoms with Crippen molar-refractivity contribution in [1.82, 2.24) is 15.2 Å². The number of benzene rings is 1. The minimum absolute atomic E-state index is 0.0773. The average molecular weight is 342 g/mol. The molecule has 1 aromatic carbocycles. The predicted octanol–water partition coefficient (Wildman–Crippen LogP) is 3.96. The van der Waals surface area contributed by atoms with Crippen LogP contribution < -0.4 is 0 Å². The van der Waals surface area contributed by atoms with Crippen LogP contribution in [0.3, 0.4) is 0 Å². The predicted molar refractivity (Wildman–Crippen MR) is 82.5 cm³/mol. The number of hydrogen-bond acceptors (Lipinski definition) is 7. The molecule has 0 bridgehead atoms. The highest BCUT2D eigenvalue weighted by molar-refractivity contribution is 8.02. The van der Waals surface area contributed by atoms with Crippen molar-refractivity contribution in [3.05, 3.63) is 39.7 Å². The van der Waals surface area contributed by atoms with Gasteiger partial charge in [-0.05, 0) is 23.9 Å². The molecule has 3 aromatic rings. The first-order valence-corrected chi connectivity index (χ1v) is 8.46. The fraction of sp³-hybridized carbons (Fsp3) is 0.0833. The molecule has 2 heterocycles. The lowest BCUT2D eigenvalue weighted by molar-refractivity contribution is 0.280. The number of thiazole rings is 1. The molecular weight excluding hydrogens is 334 g/mol. The first-order valence-electron chi connectivity index (χ1n) is 5.57. The number of hydrogen-bond donors (Lipinski definition) is 1. The van der Waals surface area contributed by atoms with Crippen molar-refractivity contribution < 1.29 is 5.11 Å². The topological polar surface area (TPSA) is 58.9 Å². The summed E-state index contributed by atoms with van der Waals surface area (Å²) in [6.07, 6.45) is 0. The molecule has 102 valence electrons. The van der Waals surface area contributed by atoms with Crippen LogP contribution in [0.25, 0.3) is 11.3 Å². The molecule has 1 N–H and O–H groups in total. The molecule has 0 saturated heterocycles. The summed E-state index contributed by atoms with van der Waals surface area (Å²) >= 11 is 10.3. The van der Waals surface area contributed by atoms with E-state index in [1.54, 1.807) is 11.3 Å². The Kier molecular flexibility index (Phi) is 4.32. The molecular formula is C12H8ClN3OS3. The zero-order chi connectivity index (χ0) is 13.9. The van der Waals surface area contributed by atoms with Gasteiger partial charge in [0.25, 0.3) is 0 Å².